The van der Waals surface area contributed by atoms with Crippen molar-refractivity contribution >= 4 is 29.2 Å². The molecule has 0 bridgehead atoms. The molecule has 0 radical (unpaired) electrons. The second-order valence-corrected chi connectivity index (χ2v) is 10.7. The minimum Gasteiger partial charge on any atom is -0.508 e. The third-order valence-corrected chi connectivity index (χ3v) is 7.51. The molecule has 11 heteroatoms. The van der Waals surface area contributed by atoms with Crippen molar-refractivity contribution in [3.63, 3.8) is 0 Å². The van der Waals surface area contributed by atoms with Crippen LogP contribution in [0, 0.1) is 11.8 Å². The Morgan fingerprint density at radius 2 is 1.75 bits per heavy atom. The van der Waals surface area contributed by atoms with Crippen LogP contribution in [0.25, 0.3) is 5.76 Å². The third kappa shape index (κ3) is 3.34. The molecule has 192 valence electrons. The highest BCUT2D eigenvalue weighted by molar-refractivity contribution is 6.22. The van der Waals surface area contributed by atoms with Gasteiger partial charge < -0.3 is 37.0 Å². The van der Waals surface area contributed by atoms with E-state index in [-0.39, 0.29) is 46.4 Å². The quantitative estimate of drug-likeness (QED) is 0.289. The minimum atomic E-state index is -2.67. The molecule has 4 atom stereocenters. The minimum absolute atomic E-state index is 0.0251. The molecule has 4 rings (SSSR count). The summed E-state index contributed by atoms with van der Waals surface area (Å²) in [4.78, 5) is 49.6. The van der Waals surface area contributed by atoms with Gasteiger partial charge in [0.15, 0.2) is 11.4 Å². The molecule has 0 heterocycles. The van der Waals surface area contributed by atoms with Crippen molar-refractivity contribution in [1.29, 1.82) is 0 Å². The normalized spacial score (nSPS) is 26.8. The first-order valence-corrected chi connectivity index (χ1v) is 11.4. The fourth-order valence-corrected chi connectivity index (χ4v) is 5.70. The number of carboxylic acid groups (broad SMARTS) is 1. The van der Waals surface area contributed by atoms with Crippen LogP contribution in [0.15, 0.2) is 23.0 Å². The van der Waals surface area contributed by atoms with Gasteiger partial charge in [0.1, 0.15) is 28.9 Å². The molecular weight excluding hydrogens is 472 g/mol. The predicted molar refractivity (Wildman–Crippen MR) is 125 cm³/mol. The summed E-state index contributed by atoms with van der Waals surface area (Å²) < 4.78 is 0. The van der Waals surface area contributed by atoms with Gasteiger partial charge in [0.05, 0.1) is 5.56 Å². The molecule has 0 saturated heterocycles. The summed E-state index contributed by atoms with van der Waals surface area (Å²) >= 11 is 0. The van der Waals surface area contributed by atoms with Crippen LogP contribution in [-0.4, -0.2) is 54.6 Å². The van der Waals surface area contributed by atoms with E-state index in [0.717, 1.165) is 0 Å². The molecule has 1 aromatic rings. The fourth-order valence-electron chi connectivity index (χ4n) is 5.70. The topological polar surface area (TPSA) is 221 Å². The van der Waals surface area contributed by atoms with Crippen molar-refractivity contribution in [3.8, 4) is 5.75 Å². The Morgan fingerprint density at radius 3 is 2.28 bits per heavy atom. The number of hydrogen-bond acceptors (Lipinski definition) is 9. The van der Waals surface area contributed by atoms with Crippen LogP contribution >= 0.6 is 0 Å². The number of nitrogens with two attached hydrogens (primary N) is 2. The number of aromatic hydroxyl groups is 1. The maximum absolute atomic E-state index is 13.6. The molecule has 1 saturated carbocycles. The maximum atomic E-state index is 13.6. The number of ketones is 2. The van der Waals surface area contributed by atoms with Crippen LogP contribution in [0.5, 0.6) is 5.75 Å². The van der Waals surface area contributed by atoms with E-state index >= 15 is 0 Å². The molecule has 3 aliphatic carbocycles. The van der Waals surface area contributed by atoms with Crippen molar-refractivity contribution in [2.24, 2.45) is 23.3 Å². The fraction of sp³-hybridized carbons (Fsp3) is 0.440. The number of carbonyl (C=O) groups is 4. The van der Waals surface area contributed by atoms with E-state index in [1.165, 1.54) is 6.07 Å². The van der Waals surface area contributed by atoms with Gasteiger partial charge in [-0.05, 0) is 41.4 Å². The van der Waals surface area contributed by atoms with E-state index in [4.69, 9.17) is 11.5 Å². The van der Waals surface area contributed by atoms with Crippen LogP contribution in [-0.2, 0) is 31.0 Å². The van der Waals surface area contributed by atoms with Crippen LogP contribution in [0.3, 0.4) is 0 Å². The average molecular weight is 501 g/mol. The van der Waals surface area contributed by atoms with E-state index in [1.807, 2.05) is 0 Å². The second kappa shape index (κ2) is 7.90. The lowest BCUT2D eigenvalue weighted by molar-refractivity contribution is -0.147. The lowest BCUT2D eigenvalue weighted by atomic mass is 9.59. The molecule has 1 fully saturated rings. The SMILES string of the molecule is CC(C)(C)c1cc(C(N)C(=O)O)c2c(c1O)C(O)=C1C(=O)[C@]3(O)C(O)=C(C(N)=O)C(=O)C[C@@H]3CC1C2. The van der Waals surface area contributed by atoms with Gasteiger partial charge in [-0.15, -0.1) is 0 Å². The number of aliphatic hydroxyl groups excluding tert-OH is 2. The molecule has 9 N–H and O–H groups in total. The third-order valence-electron chi connectivity index (χ3n) is 7.51. The number of phenolic OH excluding ortho intramolecular Hbond substituents is 1. The summed E-state index contributed by atoms with van der Waals surface area (Å²) in [6, 6.07) is -0.0169. The van der Waals surface area contributed by atoms with E-state index in [0.29, 0.717) is 0 Å². The van der Waals surface area contributed by atoms with Gasteiger partial charge in [0.25, 0.3) is 5.91 Å². The summed E-state index contributed by atoms with van der Waals surface area (Å²) in [5.74, 6) is -8.71. The molecule has 36 heavy (non-hydrogen) atoms. The highest BCUT2D eigenvalue weighted by atomic mass is 16.4. The number of primary amides is 1. The summed E-state index contributed by atoms with van der Waals surface area (Å²) in [5, 5.41) is 54.0. The standard InChI is InChI=1S/C25H28N2O9/c1-24(2,3)12-7-11(17(26)23(34)35)10-5-8-4-9-6-13(28)16(22(27)33)21(32)25(9,36)20(31)14(8)19(30)15(10)18(12)29/h7-9,17,29-30,32,36H,4-6,26H2,1-3H3,(H2,27,33)(H,34,35)/t8?,9-,17?,25-/m0/s1. The highest BCUT2D eigenvalue weighted by Crippen LogP contribution is 2.53. The van der Waals surface area contributed by atoms with Gasteiger partial charge in [-0.2, -0.15) is 0 Å². The first-order chi connectivity index (χ1) is 16.5. The predicted octanol–water partition coefficient (Wildman–Crippen LogP) is 0.806. The number of phenols is 1. The first-order valence-electron chi connectivity index (χ1n) is 11.4. The van der Waals surface area contributed by atoms with Crippen molar-refractivity contribution in [1.82, 2.24) is 0 Å². The van der Waals surface area contributed by atoms with Crippen LogP contribution in [0.1, 0.15) is 61.9 Å². The lowest BCUT2D eigenvalue weighted by Crippen LogP contribution is -2.58. The van der Waals surface area contributed by atoms with E-state index < -0.39 is 75.8 Å². The summed E-state index contributed by atoms with van der Waals surface area (Å²) in [6.45, 7) is 5.27. The highest BCUT2D eigenvalue weighted by Gasteiger charge is 2.60. The number of carbonyl (C=O) groups excluding carboxylic acids is 3. The van der Waals surface area contributed by atoms with Crippen LogP contribution in [0.4, 0.5) is 0 Å². The molecular formula is C25H28N2O9. The zero-order valence-corrected chi connectivity index (χ0v) is 20.0. The van der Waals surface area contributed by atoms with Gasteiger partial charge in [0.2, 0.25) is 5.78 Å². The number of fused-ring (bicyclic) bond motifs is 3. The lowest BCUT2D eigenvalue weighted by Gasteiger charge is -2.46. The molecule has 0 spiro atoms. The number of carboxylic acids is 1. The Morgan fingerprint density at radius 1 is 1.14 bits per heavy atom. The zero-order valence-electron chi connectivity index (χ0n) is 20.0. The molecule has 0 aliphatic heterocycles. The van der Waals surface area contributed by atoms with E-state index in [1.54, 1.807) is 20.8 Å². The molecule has 1 amide bonds. The molecule has 11 nitrogen and oxygen atoms in total. The average Bonchev–Trinajstić information content (AvgIpc) is 2.74. The smallest absolute Gasteiger partial charge is 0.325 e. The summed E-state index contributed by atoms with van der Waals surface area (Å²) in [7, 11) is 0. The van der Waals surface area contributed by atoms with Crippen LogP contribution in [0.2, 0.25) is 0 Å². The van der Waals surface area contributed by atoms with Crippen molar-refractivity contribution in [2.45, 2.75) is 57.1 Å². The van der Waals surface area contributed by atoms with Crippen molar-refractivity contribution in [3.05, 3.63) is 45.2 Å². The maximum Gasteiger partial charge on any atom is 0.325 e. The van der Waals surface area contributed by atoms with Crippen molar-refractivity contribution < 1.29 is 44.7 Å². The summed E-state index contributed by atoms with van der Waals surface area (Å²) in [6.07, 6.45) is -0.535. The number of aliphatic hydroxyl groups is 3. The van der Waals surface area contributed by atoms with E-state index in [2.05, 4.69) is 0 Å². The molecule has 2 unspecified atom stereocenters. The number of rotatable bonds is 3. The number of aliphatic carboxylic acids is 1. The molecule has 0 aromatic heterocycles. The number of benzene rings is 1. The van der Waals surface area contributed by atoms with Crippen molar-refractivity contribution in [2.75, 3.05) is 0 Å². The van der Waals surface area contributed by atoms with Gasteiger partial charge in [0, 0.05) is 23.5 Å². The Labute approximate surface area is 205 Å². The second-order valence-electron chi connectivity index (χ2n) is 10.7. The van der Waals surface area contributed by atoms with Crippen LogP contribution < -0.4 is 11.5 Å². The Hall–Kier alpha value is -3.70. The van der Waals surface area contributed by atoms with Gasteiger partial charge >= 0.3 is 5.97 Å². The molecule has 1 aromatic carbocycles. The Bertz CT molecular complexity index is 1320. The van der Waals surface area contributed by atoms with Gasteiger partial charge in [-0.3, -0.25) is 19.2 Å². The van der Waals surface area contributed by atoms with E-state index in [9.17, 15) is 44.7 Å². The van der Waals surface area contributed by atoms with Gasteiger partial charge in [-0.25, -0.2) is 0 Å². The zero-order chi connectivity index (χ0) is 27.1. The Kier molecular flexibility index (Phi) is 5.57. The number of Topliss-reactive ketones (excluding diaryl/α,β-unsaturated/α-hetero) is 2. The summed E-state index contributed by atoms with van der Waals surface area (Å²) in [5.41, 5.74) is 7.07. The first kappa shape index (κ1) is 25.4. The largest absolute Gasteiger partial charge is 0.508 e. The molecule has 3 aliphatic rings. The Balaban J connectivity index is 2.01. The monoisotopic (exact) mass is 500 g/mol. The number of hydrogen-bond donors (Lipinski definition) is 7. The van der Waals surface area contributed by atoms with Gasteiger partial charge in [-0.1, -0.05) is 20.8 Å². The number of amides is 1.